The van der Waals surface area contributed by atoms with Gasteiger partial charge in [0.05, 0.1) is 15.7 Å². The fourth-order valence-corrected chi connectivity index (χ4v) is 0. The van der Waals surface area contributed by atoms with Crippen LogP contribution in [-0.2, 0) is 0 Å². The first-order valence-corrected chi connectivity index (χ1v) is 0.447. The molecule has 0 aliphatic rings. The second-order valence-electron chi connectivity index (χ2n) is 0. The molecule has 0 unspecified atom stereocenters. The first-order valence-electron chi connectivity index (χ1n) is 0.447. The molecule has 32 valence electrons. The van der Waals surface area contributed by atoms with E-state index >= 15 is 0 Å². The van der Waals surface area contributed by atoms with E-state index in [1.165, 1.54) is 0 Å². The van der Waals surface area contributed by atoms with E-state index in [1.807, 2.05) is 11.9 Å². The van der Waals surface area contributed by atoms with E-state index in [1.54, 1.807) is 0 Å². The quantitative estimate of drug-likeness (QED) is 0.326. The van der Waals surface area contributed by atoms with Crippen LogP contribution in [-0.4, -0.2) is 53.4 Å². The second-order valence-corrected chi connectivity index (χ2v) is 0. The van der Waals surface area contributed by atoms with Crippen molar-refractivity contribution in [3.63, 3.8) is 0 Å². The van der Waals surface area contributed by atoms with Crippen molar-refractivity contribution in [2.45, 2.75) is 0 Å². The Balaban J connectivity index is -0.0000000400. The van der Waals surface area contributed by atoms with Crippen molar-refractivity contribution in [1.29, 1.82) is 10.5 Å². The molecular weight excluding hydrogens is 114 g/mol. The SMILES string of the molecule is [BH3-]C#N.[BH3-]C#N.[Ca+2]. The Labute approximate surface area is 75.3 Å². The van der Waals surface area contributed by atoms with Gasteiger partial charge in [-0.05, 0) is 0 Å². The van der Waals surface area contributed by atoms with Crippen molar-refractivity contribution in [2.24, 2.45) is 0 Å². The summed E-state index contributed by atoms with van der Waals surface area (Å²) in [6.45, 7) is 0. The van der Waals surface area contributed by atoms with Gasteiger partial charge in [0.2, 0.25) is 0 Å². The molecule has 0 fully saturated rings. The van der Waals surface area contributed by atoms with Gasteiger partial charge >= 0.3 is 37.7 Å². The minimum absolute atomic E-state index is 0. The molecule has 0 amide bonds. The number of hydrogen-bond donors (Lipinski definition) is 0. The zero-order chi connectivity index (χ0) is 5.41. The topological polar surface area (TPSA) is 47.6 Å². The van der Waals surface area contributed by atoms with Crippen molar-refractivity contribution in [3.8, 4) is 11.9 Å². The van der Waals surface area contributed by atoms with E-state index in [9.17, 15) is 0 Å². The molecule has 0 aromatic rings. The van der Waals surface area contributed by atoms with Crippen molar-refractivity contribution >= 4 is 53.4 Å². The predicted molar refractivity (Wildman–Crippen MR) is 36.9 cm³/mol. The average molecular weight is 120 g/mol. The van der Waals surface area contributed by atoms with Crippen LogP contribution in [0.5, 0.6) is 0 Å². The summed E-state index contributed by atoms with van der Waals surface area (Å²) >= 11 is 0. The van der Waals surface area contributed by atoms with Crippen molar-refractivity contribution < 1.29 is 0 Å². The second kappa shape index (κ2) is 32.7. The van der Waals surface area contributed by atoms with Crippen LogP contribution in [0, 0.1) is 22.5 Å². The third-order valence-corrected chi connectivity index (χ3v) is 0. The predicted octanol–water partition coefficient (Wildman–Crippen LogP) is -2.72. The zero-order valence-electron chi connectivity index (χ0n) is 2.60. The van der Waals surface area contributed by atoms with Gasteiger partial charge in [-0.2, -0.15) is 11.9 Å². The van der Waals surface area contributed by atoms with Gasteiger partial charge in [-0.3, -0.25) is 10.5 Å². The van der Waals surface area contributed by atoms with Gasteiger partial charge in [0.25, 0.3) is 0 Å². The smallest absolute Gasteiger partial charge is 0.251 e. The van der Waals surface area contributed by atoms with E-state index < -0.39 is 0 Å². The van der Waals surface area contributed by atoms with Crippen LogP contribution in [0.3, 0.4) is 0 Å². The number of rotatable bonds is 0. The van der Waals surface area contributed by atoms with E-state index in [0.29, 0.717) is 0 Å². The number of hydrogen-bond acceptors (Lipinski definition) is 2. The molecule has 0 aromatic carbocycles. The van der Waals surface area contributed by atoms with E-state index in [4.69, 9.17) is 10.5 Å². The Kier molecular flexibility index (Phi) is 73.2. The van der Waals surface area contributed by atoms with E-state index in [-0.39, 0.29) is 53.4 Å². The van der Waals surface area contributed by atoms with Gasteiger partial charge in [-0.25, -0.2) is 0 Å². The fourth-order valence-electron chi connectivity index (χ4n) is 0. The summed E-state index contributed by atoms with van der Waals surface area (Å²) < 4.78 is 0. The first-order chi connectivity index (χ1) is 2.83. The maximum Gasteiger partial charge on any atom is 2.00 e. The van der Waals surface area contributed by atoms with E-state index in [0.717, 1.165) is 0 Å². The molecule has 0 saturated carbocycles. The first kappa shape index (κ1) is 15.7. The Bertz CT molecular complexity index is 68.7. The number of nitrogens with zero attached hydrogens (tertiary/aromatic N) is 2. The molecule has 0 saturated heterocycles. The summed E-state index contributed by atoms with van der Waals surface area (Å²) in [6, 6.07) is 0. The maximum atomic E-state index is 7.43. The molecule has 0 aromatic heterocycles. The van der Waals surface area contributed by atoms with Crippen LogP contribution in [0.25, 0.3) is 0 Å². The molecule has 0 bridgehead atoms. The Morgan fingerprint density at radius 1 is 1.00 bits per heavy atom. The van der Waals surface area contributed by atoms with Gasteiger partial charge in [0.15, 0.2) is 0 Å². The van der Waals surface area contributed by atoms with Crippen LogP contribution in [0.1, 0.15) is 0 Å². The van der Waals surface area contributed by atoms with Crippen molar-refractivity contribution in [1.82, 2.24) is 0 Å². The third-order valence-electron chi connectivity index (χ3n) is 0. The van der Waals surface area contributed by atoms with Crippen LogP contribution < -0.4 is 0 Å². The summed E-state index contributed by atoms with van der Waals surface area (Å²) in [5.74, 6) is 4.00. The Morgan fingerprint density at radius 3 is 1.00 bits per heavy atom. The minimum atomic E-state index is 0. The summed E-state index contributed by atoms with van der Waals surface area (Å²) in [4.78, 5) is 0. The zero-order valence-corrected chi connectivity index (χ0v) is 4.81. The standard InChI is InChI=1S/2CH3BN.Ca/c2*2-1-3;/h2*2H3;/q2*-1;+2. The van der Waals surface area contributed by atoms with Crippen LogP contribution in [0.2, 0.25) is 0 Å². The summed E-state index contributed by atoms with van der Waals surface area (Å²) in [6.07, 6.45) is 0. The minimum Gasteiger partial charge on any atom is -0.251 e. The third kappa shape index (κ3) is 890. The van der Waals surface area contributed by atoms with Gasteiger partial charge < -0.3 is 0 Å². The van der Waals surface area contributed by atoms with Gasteiger partial charge in [-0.15, -0.1) is 0 Å². The average Bonchev–Trinajstić information content (AvgIpc) is 1.39. The molecule has 0 N–H and O–H groups in total. The van der Waals surface area contributed by atoms with Crippen molar-refractivity contribution in [3.05, 3.63) is 0 Å². The molecule has 5 heteroatoms. The maximum absolute atomic E-state index is 7.43. The summed E-state index contributed by atoms with van der Waals surface area (Å²) in [5.41, 5.74) is 0. The molecule has 0 aliphatic carbocycles. The molecule has 2 nitrogen and oxygen atoms in total. The van der Waals surface area contributed by atoms with Gasteiger partial charge in [0.1, 0.15) is 0 Å². The molecular formula is C2H6B2CaN2. The monoisotopic (exact) mass is 120 g/mol. The molecule has 0 atom stereocenters. The van der Waals surface area contributed by atoms with Crippen LogP contribution >= 0.6 is 0 Å². The molecule has 0 heterocycles. The van der Waals surface area contributed by atoms with E-state index in [2.05, 4.69) is 0 Å². The fraction of sp³-hybridized carbons (Fsp3) is 0. The molecule has 0 aliphatic heterocycles. The molecule has 7 heavy (non-hydrogen) atoms. The molecule has 0 rings (SSSR count). The van der Waals surface area contributed by atoms with Crippen LogP contribution in [0.4, 0.5) is 0 Å². The Morgan fingerprint density at radius 2 is 1.00 bits per heavy atom. The van der Waals surface area contributed by atoms with Crippen LogP contribution in [0.15, 0.2) is 0 Å². The normalized spacial score (nSPS) is 2.29. The molecule has 0 spiro atoms. The van der Waals surface area contributed by atoms with Gasteiger partial charge in [-0.1, -0.05) is 0 Å². The number of nitriles is 2. The molecule has 0 radical (unpaired) electrons. The summed E-state index contributed by atoms with van der Waals surface area (Å²) in [7, 11) is 0.139. The Hall–Kier alpha value is 0.370. The van der Waals surface area contributed by atoms with Crippen molar-refractivity contribution in [2.75, 3.05) is 0 Å². The summed E-state index contributed by atoms with van der Waals surface area (Å²) in [5, 5.41) is 14.9. The largest absolute Gasteiger partial charge is 2.00 e. The van der Waals surface area contributed by atoms with Gasteiger partial charge in [0, 0.05) is 0 Å².